The third-order valence-corrected chi connectivity index (χ3v) is 13.4. The number of benzene rings is 10. The molecule has 0 atom stereocenters. The molecule has 0 radical (unpaired) electrons. The van der Waals surface area contributed by atoms with Gasteiger partial charge in [0.05, 0.1) is 33.1 Å². The molecule has 5 heteroatoms. The number of aromatic nitrogens is 4. The first-order valence-electron chi connectivity index (χ1n) is 22.5. The maximum atomic E-state index is 6.59. The normalized spacial score (nSPS) is 11.9. The summed E-state index contributed by atoms with van der Waals surface area (Å²) in [5.74, 6) is 0.883. The van der Waals surface area contributed by atoms with Crippen LogP contribution in [0.2, 0.25) is 0 Å². The van der Waals surface area contributed by atoms with Crippen molar-refractivity contribution >= 4 is 76.6 Å². The van der Waals surface area contributed by atoms with Gasteiger partial charge in [0.2, 0.25) is 0 Å². The van der Waals surface area contributed by atoms with Crippen molar-refractivity contribution in [2.24, 2.45) is 0 Å². The summed E-state index contributed by atoms with van der Waals surface area (Å²) in [6.45, 7) is 0. The third-order valence-electron chi connectivity index (χ3n) is 13.4. The van der Waals surface area contributed by atoms with Gasteiger partial charge in [0, 0.05) is 54.9 Å². The van der Waals surface area contributed by atoms with Crippen molar-refractivity contribution in [1.82, 2.24) is 18.7 Å². The summed E-state index contributed by atoms with van der Waals surface area (Å²) < 4.78 is 13.6. The molecule has 14 aromatic rings. The predicted molar refractivity (Wildman–Crippen MR) is 273 cm³/mol. The Morgan fingerprint density at radius 3 is 1.35 bits per heavy atom. The molecule has 0 aliphatic rings. The molecule has 0 saturated carbocycles. The van der Waals surface area contributed by atoms with Crippen LogP contribution in [0.25, 0.3) is 127 Å². The van der Waals surface area contributed by atoms with Gasteiger partial charge in [0.15, 0.2) is 0 Å². The molecule has 0 saturated heterocycles. The van der Waals surface area contributed by atoms with E-state index < -0.39 is 0 Å². The lowest BCUT2D eigenvalue weighted by Gasteiger charge is -2.10. The zero-order valence-electron chi connectivity index (χ0n) is 35.6. The van der Waals surface area contributed by atoms with E-state index in [1.807, 2.05) is 0 Å². The fraction of sp³-hybridized carbons (Fsp3) is 0. The van der Waals surface area contributed by atoms with Crippen LogP contribution in [-0.2, 0) is 0 Å². The number of para-hydroxylation sites is 6. The molecule has 0 spiro atoms. The highest BCUT2D eigenvalue weighted by atomic mass is 16.3. The molecule has 0 bridgehead atoms. The van der Waals surface area contributed by atoms with Gasteiger partial charge in [-0.2, -0.15) is 0 Å². The summed E-state index contributed by atoms with van der Waals surface area (Å²) in [7, 11) is 0. The van der Waals surface area contributed by atoms with Gasteiger partial charge in [-0.15, -0.1) is 0 Å². The largest absolute Gasteiger partial charge is 0.456 e. The van der Waals surface area contributed by atoms with Crippen LogP contribution in [0, 0.1) is 0 Å². The van der Waals surface area contributed by atoms with Crippen LogP contribution in [0.15, 0.2) is 235 Å². The van der Waals surface area contributed by atoms with Gasteiger partial charge in [-0.3, -0.25) is 4.57 Å². The van der Waals surface area contributed by atoms with Gasteiger partial charge in [-0.1, -0.05) is 121 Å². The van der Waals surface area contributed by atoms with Crippen LogP contribution in [0.3, 0.4) is 0 Å². The molecule has 66 heavy (non-hydrogen) atoms. The molecular formula is C61H38N4O. The SMILES string of the molecule is c1ccc(-n2c(-c3cccc4oc5ccc(-c6ccc7c(c6)c6cc(-c8ccc9c(c8)c8ccccc8n9-c8ccccc8)ccc6n7-c6ccccc6)cc5c34)nc3ccccc32)cc1. The summed E-state index contributed by atoms with van der Waals surface area (Å²) in [4.78, 5) is 5.26. The van der Waals surface area contributed by atoms with Crippen molar-refractivity contribution in [1.29, 1.82) is 0 Å². The Hall–Kier alpha value is -8.93. The summed E-state index contributed by atoms with van der Waals surface area (Å²) in [6, 6.07) is 82.6. The smallest absolute Gasteiger partial charge is 0.146 e. The van der Waals surface area contributed by atoms with Crippen molar-refractivity contribution in [3.8, 4) is 50.7 Å². The van der Waals surface area contributed by atoms with Gasteiger partial charge in [-0.25, -0.2) is 4.98 Å². The minimum Gasteiger partial charge on any atom is -0.456 e. The number of nitrogens with zero attached hydrogens (tertiary/aromatic N) is 4. The highest BCUT2D eigenvalue weighted by Crippen LogP contribution is 2.43. The number of imidazole rings is 1. The zero-order valence-corrected chi connectivity index (χ0v) is 35.6. The molecule has 308 valence electrons. The van der Waals surface area contributed by atoms with Gasteiger partial charge in [-0.05, 0) is 131 Å². The first kappa shape index (κ1) is 36.5. The lowest BCUT2D eigenvalue weighted by Crippen LogP contribution is -1.97. The molecule has 0 N–H and O–H groups in total. The maximum absolute atomic E-state index is 6.59. The van der Waals surface area contributed by atoms with Gasteiger partial charge in [0.25, 0.3) is 0 Å². The molecule has 0 aliphatic carbocycles. The quantitative estimate of drug-likeness (QED) is 0.167. The topological polar surface area (TPSA) is 40.8 Å². The van der Waals surface area contributed by atoms with Crippen LogP contribution in [-0.4, -0.2) is 18.7 Å². The molecule has 4 aromatic heterocycles. The lowest BCUT2D eigenvalue weighted by atomic mass is 9.98. The van der Waals surface area contributed by atoms with E-state index in [0.29, 0.717) is 0 Å². The average molecular weight is 843 g/mol. The van der Waals surface area contributed by atoms with E-state index in [1.54, 1.807) is 0 Å². The summed E-state index contributed by atoms with van der Waals surface area (Å²) in [5, 5.41) is 7.00. The van der Waals surface area contributed by atoms with Crippen LogP contribution >= 0.6 is 0 Å². The van der Waals surface area contributed by atoms with E-state index in [0.717, 1.165) is 78.1 Å². The standard InChI is InChI=1S/C61H38N4O/c1-4-15-43(16-5-1)63-53-24-12-10-21-46(53)48-35-39(27-31-54(48)63)40-28-32-55-49(36-40)50-37-41(29-33-56(50)64(55)44-17-6-2-7-18-44)42-30-34-58-51(38-42)60-47(22-14-26-59(60)66-58)61-62-52-23-11-13-25-57(52)65(61)45-19-8-3-9-20-45/h1-38H. The molecule has 14 rings (SSSR count). The van der Waals surface area contributed by atoms with E-state index in [9.17, 15) is 0 Å². The molecule has 0 fully saturated rings. The fourth-order valence-electron chi connectivity index (χ4n) is 10.5. The first-order chi connectivity index (χ1) is 32.7. The second-order valence-corrected chi connectivity index (χ2v) is 17.1. The van der Waals surface area contributed by atoms with Crippen molar-refractivity contribution in [3.63, 3.8) is 0 Å². The number of rotatable bonds is 6. The molecule has 10 aromatic carbocycles. The van der Waals surface area contributed by atoms with E-state index in [-0.39, 0.29) is 0 Å². The number of hydrogen-bond donors (Lipinski definition) is 0. The number of furan rings is 1. The number of hydrogen-bond acceptors (Lipinski definition) is 2. The van der Waals surface area contributed by atoms with E-state index in [1.165, 1.54) is 49.2 Å². The number of fused-ring (bicyclic) bond motifs is 10. The van der Waals surface area contributed by atoms with Crippen molar-refractivity contribution in [2.75, 3.05) is 0 Å². The van der Waals surface area contributed by atoms with Crippen molar-refractivity contribution < 1.29 is 4.42 Å². The fourth-order valence-corrected chi connectivity index (χ4v) is 10.5. The molecule has 0 aliphatic heterocycles. The minimum absolute atomic E-state index is 0.836. The summed E-state index contributed by atoms with van der Waals surface area (Å²) in [6.07, 6.45) is 0. The highest BCUT2D eigenvalue weighted by Gasteiger charge is 2.21. The Kier molecular flexibility index (Phi) is 7.91. The first-order valence-corrected chi connectivity index (χ1v) is 22.5. The molecule has 0 amide bonds. The second kappa shape index (κ2) is 14.3. The lowest BCUT2D eigenvalue weighted by molar-refractivity contribution is 0.669. The minimum atomic E-state index is 0.836. The Morgan fingerprint density at radius 1 is 0.303 bits per heavy atom. The highest BCUT2D eigenvalue weighted by molar-refractivity contribution is 6.15. The maximum Gasteiger partial charge on any atom is 0.146 e. The molecular weight excluding hydrogens is 805 g/mol. The van der Waals surface area contributed by atoms with Crippen molar-refractivity contribution in [3.05, 3.63) is 231 Å². The Labute approximate surface area is 379 Å². The van der Waals surface area contributed by atoms with E-state index >= 15 is 0 Å². The average Bonchev–Trinajstić information content (AvgIpc) is 4.14. The van der Waals surface area contributed by atoms with Crippen LogP contribution < -0.4 is 0 Å². The van der Waals surface area contributed by atoms with Crippen molar-refractivity contribution in [2.45, 2.75) is 0 Å². The summed E-state index contributed by atoms with van der Waals surface area (Å²) >= 11 is 0. The third kappa shape index (κ3) is 5.50. The Morgan fingerprint density at radius 2 is 0.758 bits per heavy atom. The molecule has 5 nitrogen and oxygen atoms in total. The Balaban J connectivity index is 0.948. The molecule has 0 unspecified atom stereocenters. The summed E-state index contributed by atoms with van der Waals surface area (Å²) in [5.41, 5.74) is 17.4. The van der Waals surface area contributed by atoms with Gasteiger partial charge >= 0.3 is 0 Å². The van der Waals surface area contributed by atoms with Crippen LogP contribution in [0.5, 0.6) is 0 Å². The van der Waals surface area contributed by atoms with E-state index in [4.69, 9.17) is 9.40 Å². The van der Waals surface area contributed by atoms with Gasteiger partial charge < -0.3 is 13.6 Å². The van der Waals surface area contributed by atoms with Gasteiger partial charge in [0.1, 0.15) is 17.0 Å². The van der Waals surface area contributed by atoms with E-state index in [2.05, 4.69) is 244 Å². The predicted octanol–water partition coefficient (Wildman–Crippen LogP) is 16.1. The molecule has 4 heterocycles. The zero-order chi connectivity index (χ0) is 43.3. The van der Waals surface area contributed by atoms with Crippen LogP contribution in [0.1, 0.15) is 0 Å². The Bertz CT molecular complexity index is 4210. The van der Waals surface area contributed by atoms with Crippen LogP contribution in [0.4, 0.5) is 0 Å². The second-order valence-electron chi connectivity index (χ2n) is 17.1. The monoisotopic (exact) mass is 842 g/mol.